The second-order valence-corrected chi connectivity index (χ2v) is 4.35. The average Bonchev–Trinajstić information content (AvgIpc) is 2.44. The van der Waals surface area contributed by atoms with E-state index in [1.807, 2.05) is 6.92 Å². The van der Waals surface area contributed by atoms with E-state index >= 15 is 0 Å². The molecule has 0 spiro atoms. The summed E-state index contributed by atoms with van der Waals surface area (Å²) in [6, 6.07) is 0. The van der Waals surface area contributed by atoms with E-state index < -0.39 is 0 Å². The zero-order chi connectivity index (χ0) is 9.90. The quantitative estimate of drug-likeness (QED) is 0.683. The molecule has 3 unspecified atom stereocenters. The molecule has 0 saturated carbocycles. The van der Waals surface area contributed by atoms with E-state index in [9.17, 15) is 0 Å². The molecule has 3 heteroatoms. The molecule has 1 saturated heterocycles. The van der Waals surface area contributed by atoms with E-state index in [4.69, 9.17) is 9.84 Å². The molecule has 13 heavy (non-hydrogen) atoms. The Hall–Kier alpha value is -0.120. The van der Waals surface area contributed by atoms with Crippen molar-refractivity contribution in [3.8, 4) is 0 Å². The summed E-state index contributed by atoms with van der Waals surface area (Å²) < 4.78 is 5.51. The molecule has 2 N–H and O–H groups in total. The van der Waals surface area contributed by atoms with Crippen LogP contribution in [-0.2, 0) is 4.74 Å². The van der Waals surface area contributed by atoms with Crippen LogP contribution in [0.3, 0.4) is 0 Å². The molecule has 0 bridgehead atoms. The highest BCUT2D eigenvalue weighted by atomic mass is 16.5. The molecule has 78 valence electrons. The van der Waals surface area contributed by atoms with Gasteiger partial charge in [0.25, 0.3) is 0 Å². The summed E-state index contributed by atoms with van der Waals surface area (Å²) in [5, 5.41) is 12.4. The van der Waals surface area contributed by atoms with Crippen molar-refractivity contribution >= 4 is 0 Å². The number of rotatable bonds is 4. The summed E-state index contributed by atoms with van der Waals surface area (Å²) in [6.45, 7) is 8.28. The van der Waals surface area contributed by atoms with Gasteiger partial charge in [-0.3, -0.25) is 0 Å². The SMILES string of the molecule is CC(CO)CNC1(C)CCOC1C. The standard InChI is InChI=1S/C10H21NO2/c1-8(7-12)6-11-10(3)4-5-13-9(10)2/h8-9,11-12H,4-7H2,1-3H3. The minimum Gasteiger partial charge on any atom is -0.396 e. The molecule has 1 heterocycles. The van der Waals surface area contributed by atoms with Crippen LogP contribution in [0.25, 0.3) is 0 Å². The van der Waals surface area contributed by atoms with E-state index in [1.165, 1.54) is 0 Å². The molecule has 0 aliphatic carbocycles. The topological polar surface area (TPSA) is 41.5 Å². The highest BCUT2D eigenvalue weighted by Crippen LogP contribution is 2.24. The Kier molecular flexibility index (Phi) is 3.71. The van der Waals surface area contributed by atoms with E-state index in [2.05, 4.69) is 19.2 Å². The van der Waals surface area contributed by atoms with Crippen molar-refractivity contribution in [3.05, 3.63) is 0 Å². The molecule has 1 rings (SSSR count). The highest BCUT2D eigenvalue weighted by Gasteiger charge is 2.36. The minimum absolute atomic E-state index is 0.101. The van der Waals surface area contributed by atoms with Gasteiger partial charge in [-0.25, -0.2) is 0 Å². The normalized spacial score (nSPS) is 36.5. The average molecular weight is 187 g/mol. The predicted molar refractivity (Wildman–Crippen MR) is 52.7 cm³/mol. The van der Waals surface area contributed by atoms with E-state index in [0.29, 0.717) is 5.92 Å². The maximum atomic E-state index is 8.89. The highest BCUT2D eigenvalue weighted by molar-refractivity contribution is 4.93. The van der Waals surface area contributed by atoms with Crippen molar-refractivity contribution in [2.45, 2.75) is 38.8 Å². The molecule has 0 radical (unpaired) electrons. The molecule has 1 fully saturated rings. The Morgan fingerprint density at radius 1 is 1.69 bits per heavy atom. The van der Waals surface area contributed by atoms with Gasteiger partial charge in [-0.1, -0.05) is 6.92 Å². The van der Waals surface area contributed by atoms with Gasteiger partial charge in [0.1, 0.15) is 0 Å². The van der Waals surface area contributed by atoms with E-state index in [1.54, 1.807) is 0 Å². The Labute approximate surface area is 80.5 Å². The third kappa shape index (κ3) is 2.66. The van der Waals surface area contributed by atoms with Gasteiger partial charge in [-0.15, -0.1) is 0 Å². The first-order chi connectivity index (χ1) is 6.08. The van der Waals surface area contributed by atoms with Crippen molar-refractivity contribution in [2.75, 3.05) is 19.8 Å². The summed E-state index contributed by atoms with van der Waals surface area (Å²) in [6.07, 6.45) is 1.34. The number of aliphatic hydroxyl groups excluding tert-OH is 1. The van der Waals surface area contributed by atoms with Crippen molar-refractivity contribution in [1.29, 1.82) is 0 Å². The molecule has 0 aromatic heterocycles. The van der Waals surface area contributed by atoms with Crippen LogP contribution in [0.15, 0.2) is 0 Å². The Balaban J connectivity index is 2.34. The first kappa shape index (κ1) is 11.0. The van der Waals surface area contributed by atoms with Crippen LogP contribution in [0.4, 0.5) is 0 Å². The lowest BCUT2D eigenvalue weighted by Gasteiger charge is -2.30. The summed E-state index contributed by atoms with van der Waals surface area (Å²) in [5.74, 6) is 0.324. The monoisotopic (exact) mass is 187 g/mol. The Morgan fingerprint density at radius 3 is 2.85 bits per heavy atom. The van der Waals surface area contributed by atoms with Gasteiger partial charge in [0, 0.05) is 25.3 Å². The largest absolute Gasteiger partial charge is 0.396 e. The van der Waals surface area contributed by atoms with Crippen LogP contribution in [0.2, 0.25) is 0 Å². The fourth-order valence-corrected chi connectivity index (χ4v) is 1.54. The van der Waals surface area contributed by atoms with Crippen molar-refractivity contribution in [1.82, 2.24) is 5.32 Å². The fourth-order valence-electron chi connectivity index (χ4n) is 1.54. The second kappa shape index (κ2) is 4.40. The lowest BCUT2D eigenvalue weighted by molar-refractivity contribution is 0.0858. The van der Waals surface area contributed by atoms with Crippen LogP contribution in [0.1, 0.15) is 27.2 Å². The smallest absolute Gasteiger partial charge is 0.0726 e. The molecule has 3 atom stereocenters. The minimum atomic E-state index is 0.101. The lowest BCUT2D eigenvalue weighted by atomic mass is 9.94. The molecule has 0 aromatic carbocycles. The van der Waals surface area contributed by atoms with Crippen LogP contribution in [0.5, 0.6) is 0 Å². The number of ether oxygens (including phenoxy) is 1. The van der Waals surface area contributed by atoms with Gasteiger partial charge in [-0.05, 0) is 26.2 Å². The van der Waals surface area contributed by atoms with E-state index in [-0.39, 0.29) is 18.2 Å². The molecule has 0 aromatic rings. The van der Waals surface area contributed by atoms with Gasteiger partial charge in [0.2, 0.25) is 0 Å². The summed E-state index contributed by atoms with van der Waals surface area (Å²) in [4.78, 5) is 0. The number of nitrogens with one attached hydrogen (secondary N) is 1. The summed E-state index contributed by atoms with van der Waals surface area (Å²) in [5.41, 5.74) is 0.101. The third-order valence-electron chi connectivity index (χ3n) is 3.05. The number of hydrogen-bond donors (Lipinski definition) is 2. The molecule has 3 nitrogen and oxygen atoms in total. The summed E-state index contributed by atoms with van der Waals surface area (Å²) >= 11 is 0. The first-order valence-electron chi connectivity index (χ1n) is 5.06. The maximum Gasteiger partial charge on any atom is 0.0726 e. The Morgan fingerprint density at radius 2 is 2.38 bits per heavy atom. The van der Waals surface area contributed by atoms with Gasteiger partial charge < -0.3 is 15.2 Å². The van der Waals surface area contributed by atoms with E-state index in [0.717, 1.165) is 19.6 Å². The van der Waals surface area contributed by atoms with Crippen LogP contribution in [0, 0.1) is 5.92 Å². The number of aliphatic hydroxyl groups is 1. The van der Waals surface area contributed by atoms with Gasteiger partial charge in [0.05, 0.1) is 6.10 Å². The van der Waals surface area contributed by atoms with Crippen LogP contribution >= 0.6 is 0 Å². The predicted octanol–water partition coefficient (Wildman–Crippen LogP) is 0.772. The second-order valence-electron chi connectivity index (χ2n) is 4.35. The zero-order valence-corrected chi connectivity index (χ0v) is 8.84. The fraction of sp³-hybridized carbons (Fsp3) is 1.00. The van der Waals surface area contributed by atoms with Crippen molar-refractivity contribution in [2.24, 2.45) is 5.92 Å². The van der Waals surface area contributed by atoms with Crippen LogP contribution < -0.4 is 5.32 Å². The van der Waals surface area contributed by atoms with Crippen molar-refractivity contribution < 1.29 is 9.84 Å². The Bertz CT molecular complexity index is 163. The summed E-state index contributed by atoms with van der Waals surface area (Å²) in [7, 11) is 0. The molecule has 1 aliphatic rings. The van der Waals surface area contributed by atoms with Crippen molar-refractivity contribution in [3.63, 3.8) is 0 Å². The third-order valence-corrected chi connectivity index (χ3v) is 3.05. The zero-order valence-electron chi connectivity index (χ0n) is 8.84. The van der Waals surface area contributed by atoms with Crippen LogP contribution in [-0.4, -0.2) is 36.5 Å². The molecular weight excluding hydrogens is 166 g/mol. The maximum absolute atomic E-state index is 8.89. The molecule has 0 amide bonds. The molecule has 1 aliphatic heterocycles. The van der Waals surface area contributed by atoms with Gasteiger partial charge in [0.15, 0.2) is 0 Å². The van der Waals surface area contributed by atoms with Gasteiger partial charge >= 0.3 is 0 Å². The lowest BCUT2D eigenvalue weighted by Crippen LogP contribution is -2.49. The van der Waals surface area contributed by atoms with Gasteiger partial charge in [-0.2, -0.15) is 0 Å². The molecular formula is C10H21NO2. The first-order valence-corrected chi connectivity index (χ1v) is 5.06. The number of hydrogen-bond acceptors (Lipinski definition) is 3.